The summed E-state index contributed by atoms with van der Waals surface area (Å²) in [6, 6.07) is 3.51. The smallest absolute Gasteiger partial charge is 0.249 e. The van der Waals surface area contributed by atoms with Crippen molar-refractivity contribution >= 4 is 38.5 Å². The molecule has 4 heterocycles. The number of anilines is 1. The summed E-state index contributed by atoms with van der Waals surface area (Å²) in [6.07, 6.45) is 11.2. The monoisotopic (exact) mass is 502 g/mol. The molecule has 2 N–H and O–H groups in total. The Morgan fingerprint density at radius 2 is 2.21 bits per heavy atom. The molecule has 2 atom stereocenters. The fraction of sp³-hybridized carbons (Fsp3) is 0.348. The molecular weight excluding hydrogens is 479 g/mol. The molecule has 0 amide bonds. The number of allylic oxidation sites excluding steroid dienone is 3. The largest absolute Gasteiger partial charge is 0.364 e. The Hall–Kier alpha value is -2.82. The van der Waals surface area contributed by atoms with E-state index in [1.54, 1.807) is 31.2 Å². The third kappa shape index (κ3) is 3.99. The number of fused-ring (bicyclic) bond motifs is 1. The molecule has 1 fully saturated rings. The summed E-state index contributed by atoms with van der Waals surface area (Å²) in [4.78, 5) is 12.9. The van der Waals surface area contributed by atoms with Crippen molar-refractivity contribution in [3.8, 4) is 11.4 Å². The lowest BCUT2D eigenvalue weighted by Crippen LogP contribution is -2.38. The zero-order valence-corrected chi connectivity index (χ0v) is 20.1. The van der Waals surface area contributed by atoms with Gasteiger partial charge in [-0.25, -0.2) is 31.7 Å². The molecule has 0 saturated carbocycles. The third-order valence-electron chi connectivity index (χ3n) is 6.25. The van der Waals surface area contributed by atoms with E-state index in [4.69, 9.17) is 11.6 Å². The number of nitrogens with one attached hydrogen (secondary N) is 2. The van der Waals surface area contributed by atoms with E-state index in [0.717, 1.165) is 29.6 Å². The minimum absolute atomic E-state index is 0.0465. The van der Waals surface area contributed by atoms with Crippen LogP contribution in [-0.4, -0.2) is 51.2 Å². The first-order chi connectivity index (χ1) is 16.3. The second kappa shape index (κ2) is 8.75. The number of rotatable bonds is 5. The van der Waals surface area contributed by atoms with E-state index >= 15 is 0 Å². The summed E-state index contributed by atoms with van der Waals surface area (Å²) < 4.78 is 42.0. The lowest BCUT2D eigenvalue weighted by atomic mass is 10.0. The first-order valence-corrected chi connectivity index (χ1v) is 12.9. The van der Waals surface area contributed by atoms with Gasteiger partial charge in [-0.2, -0.15) is 0 Å². The van der Waals surface area contributed by atoms with Gasteiger partial charge in [-0.3, -0.25) is 0 Å². The number of halogens is 2. The Morgan fingerprint density at radius 3 is 2.97 bits per heavy atom. The Morgan fingerprint density at radius 1 is 1.35 bits per heavy atom. The van der Waals surface area contributed by atoms with Crippen LogP contribution in [0.2, 0.25) is 0 Å². The van der Waals surface area contributed by atoms with Gasteiger partial charge in [0.25, 0.3) is 0 Å². The predicted octanol–water partition coefficient (Wildman–Crippen LogP) is 3.82. The summed E-state index contributed by atoms with van der Waals surface area (Å²) in [7, 11) is -3.96. The number of hydrogen-bond acceptors (Lipinski definition) is 7. The quantitative estimate of drug-likeness (QED) is 0.547. The average Bonchev–Trinajstić information content (AvgIpc) is 3.21. The van der Waals surface area contributed by atoms with Crippen LogP contribution >= 0.6 is 11.6 Å². The van der Waals surface area contributed by atoms with Crippen LogP contribution in [0.1, 0.15) is 26.2 Å². The van der Waals surface area contributed by atoms with Gasteiger partial charge in [0, 0.05) is 41.0 Å². The zero-order valence-electron chi connectivity index (χ0n) is 18.5. The summed E-state index contributed by atoms with van der Waals surface area (Å²) in [6.45, 7) is 3.27. The zero-order chi connectivity index (χ0) is 23.9. The number of hydrogen-bond donors (Lipinski definition) is 2. The normalized spacial score (nSPS) is 23.1. The molecule has 11 heteroatoms. The van der Waals surface area contributed by atoms with Crippen LogP contribution in [0.15, 0.2) is 54.0 Å². The van der Waals surface area contributed by atoms with E-state index in [2.05, 4.69) is 25.6 Å². The minimum atomic E-state index is -3.96. The van der Waals surface area contributed by atoms with Crippen LogP contribution < -0.4 is 10.6 Å². The van der Waals surface area contributed by atoms with Crippen LogP contribution in [0.5, 0.6) is 0 Å². The van der Waals surface area contributed by atoms with Crippen LogP contribution in [0.4, 0.5) is 10.2 Å². The van der Waals surface area contributed by atoms with Gasteiger partial charge in [0.1, 0.15) is 4.75 Å². The number of nitrogens with zero attached hydrogens (tertiary/aromatic N) is 4. The Labute approximate surface area is 202 Å². The van der Waals surface area contributed by atoms with Crippen LogP contribution in [-0.2, 0) is 10.0 Å². The fourth-order valence-electron chi connectivity index (χ4n) is 4.37. The number of aromatic nitrogens is 4. The topological polar surface area (TPSA) is 102 Å². The number of piperidine rings is 1. The van der Waals surface area contributed by atoms with Gasteiger partial charge in [0.2, 0.25) is 10.0 Å². The van der Waals surface area contributed by atoms with Crippen molar-refractivity contribution in [3.63, 3.8) is 0 Å². The Balaban J connectivity index is 1.60. The average molecular weight is 503 g/mol. The van der Waals surface area contributed by atoms with Gasteiger partial charge in [0.15, 0.2) is 23.1 Å². The van der Waals surface area contributed by atoms with E-state index in [9.17, 15) is 12.8 Å². The van der Waals surface area contributed by atoms with E-state index in [0.29, 0.717) is 22.5 Å². The molecule has 0 aromatic carbocycles. The van der Waals surface area contributed by atoms with Gasteiger partial charge in [-0.1, -0.05) is 17.7 Å². The molecule has 3 aromatic rings. The molecule has 178 valence electrons. The van der Waals surface area contributed by atoms with Crippen molar-refractivity contribution in [1.82, 2.24) is 24.2 Å². The molecule has 1 saturated heterocycles. The molecule has 1 aliphatic heterocycles. The van der Waals surface area contributed by atoms with Gasteiger partial charge in [-0.15, -0.1) is 0 Å². The maximum Gasteiger partial charge on any atom is 0.249 e. The maximum absolute atomic E-state index is 14.5. The van der Waals surface area contributed by atoms with Gasteiger partial charge in [-0.05, 0) is 57.0 Å². The van der Waals surface area contributed by atoms with E-state index in [-0.39, 0.29) is 29.8 Å². The highest BCUT2D eigenvalue weighted by atomic mass is 35.5. The summed E-state index contributed by atoms with van der Waals surface area (Å²) >= 11 is 6.14. The summed E-state index contributed by atoms with van der Waals surface area (Å²) in [5.74, 6) is -0.266. The highest BCUT2D eigenvalue weighted by Crippen LogP contribution is 2.36. The van der Waals surface area contributed by atoms with Gasteiger partial charge in [0.05, 0.1) is 6.20 Å². The van der Waals surface area contributed by atoms with Crippen molar-refractivity contribution in [1.29, 1.82) is 0 Å². The van der Waals surface area contributed by atoms with Crippen molar-refractivity contribution < 1.29 is 12.8 Å². The Kier molecular flexibility index (Phi) is 5.91. The fourth-order valence-corrected chi connectivity index (χ4v) is 6.41. The summed E-state index contributed by atoms with van der Waals surface area (Å²) in [5, 5.41) is 7.33. The maximum atomic E-state index is 14.5. The second-order valence-electron chi connectivity index (χ2n) is 8.74. The second-order valence-corrected chi connectivity index (χ2v) is 11.5. The van der Waals surface area contributed by atoms with E-state index < -0.39 is 20.6 Å². The molecule has 1 aliphatic carbocycles. The first kappa shape index (κ1) is 22.9. The first-order valence-electron chi connectivity index (χ1n) is 11.0. The van der Waals surface area contributed by atoms with Gasteiger partial charge < -0.3 is 10.6 Å². The lowest BCUT2D eigenvalue weighted by Gasteiger charge is -2.27. The molecule has 1 unspecified atom stereocenters. The SMILES string of the molecule is CC1(S(=O)(=O)n2cc(-c3ncc(F)c(N[C@H]4CCCNC4)n3)c3cccnc32)C=C(Cl)C=CC1. The molecule has 0 spiro atoms. The molecule has 0 bridgehead atoms. The van der Waals surface area contributed by atoms with Crippen molar-refractivity contribution in [3.05, 3.63) is 59.8 Å². The molecule has 5 rings (SSSR count). The van der Waals surface area contributed by atoms with Crippen LogP contribution in [0.3, 0.4) is 0 Å². The standard InChI is InChI=1S/C23H24ClFN6O2S/c1-23(8-2-5-15(24)11-23)34(32,33)31-14-18(17-7-4-10-27-22(17)31)20-28-13-19(25)21(30-20)29-16-6-3-9-26-12-16/h2,4-5,7,10-11,13-14,16,26H,3,6,8-9,12H2,1H3,(H,28,29,30)/t16-,23?/m0/s1. The molecule has 0 radical (unpaired) electrons. The highest BCUT2D eigenvalue weighted by Gasteiger charge is 2.40. The Bertz CT molecular complexity index is 1410. The van der Waals surface area contributed by atoms with Crippen molar-refractivity contribution in [2.75, 3.05) is 18.4 Å². The lowest BCUT2D eigenvalue weighted by molar-refractivity contribution is 0.476. The molecule has 3 aromatic heterocycles. The van der Waals surface area contributed by atoms with Crippen molar-refractivity contribution in [2.24, 2.45) is 0 Å². The summed E-state index contributed by atoms with van der Waals surface area (Å²) in [5.41, 5.74) is 0.693. The van der Waals surface area contributed by atoms with Crippen LogP contribution in [0.25, 0.3) is 22.4 Å². The molecule has 2 aliphatic rings. The molecular formula is C23H24ClFN6O2S. The third-order valence-corrected chi connectivity index (χ3v) is 8.74. The molecule has 8 nitrogen and oxygen atoms in total. The van der Waals surface area contributed by atoms with Gasteiger partial charge >= 0.3 is 0 Å². The highest BCUT2D eigenvalue weighted by molar-refractivity contribution is 7.91. The van der Waals surface area contributed by atoms with Crippen LogP contribution in [0, 0.1) is 5.82 Å². The predicted molar refractivity (Wildman–Crippen MR) is 131 cm³/mol. The van der Waals surface area contributed by atoms with Crippen molar-refractivity contribution in [2.45, 2.75) is 37.0 Å². The number of pyridine rings is 1. The molecule has 34 heavy (non-hydrogen) atoms. The van der Waals surface area contributed by atoms with E-state index in [1.807, 2.05) is 0 Å². The van der Waals surface area contributed by atoms with E-state index in [1.165, 1.54) is 18.5 Å². The minimum Gasteiger partial charge on any atom is -0.364 e.